The van der Waals surface area contributed by atoms with Gasteiger partial charge in [0.1, 0.15) is 5.03 Å². The Morgan fingerprint density at radius 2 is 2.28 bits per heavy atom. The standard InChI is InChI=1S/C18H17N3O3S/c1-21-14-5-4-12(20-16(22)11-6-8-24-10-11)9-15(14)25-17-13(18(21)23)3-2-7-19-17/h2-5,7,9,11H,6,8,10H2,1H3,(H,20,22). The van der Waals surface area contributed by atoms with Crippen LogP contribution < -0.4 is 10.2 Å². The molecule has 1 unspecified atom stereocenters. The van der Waals surface area contributed by atoms with Crippen LogP contribution in [0.1, 0.15) is 16.8 Å². The molecule has 1 aromatic carbocycles. The van der Waals surface area contributed by atoms with E-state index in [1.165, 1.54) is 11.8 Å². The lowest BCUT2D eigenvalue weighted by Crippen LogP contribution is -2.26. The monoisotopic (exact) mass is 355 g/mol. The minimum Gasteiger partial charge on any atom is -0.381 e. The van der Waals surface area contributed by atoms with Gasteiger partial charge in [-0.1, -0.05) is 11.8 Å². The van der Waals surface area contributed by atoms with Gasteiger partial charge in [0.05, 0.1) is 23.8 Å². The van der Waals surface area contributed by atoms with Crippen LogP contribution in [0.5, 0.6) is 0 Å². The maximum Gasteiger partial charge on any atom is 0.260 e. The van der Waals surface area contributed by atoms with E-state index >= 15 is 0 Å². The molecule has 1 atom stereocenters. The number of amides is 2. The van der Waals surface area contributed by atoms with E-state index in [1.54, 1.807) is 30.3 Å². The highest BCUT2D eigenvalue weighted by atomic mass is 32.2. The molecule has 25 heavy (non-hydrogen) atoms. The van der Waals surface area contributed by atoms with Gasteiger partial charge in [0, 0.05) is 30.4 Å². The topological polar surface area (TPSA) is 71.5 Å². The zero-order valence-corrected chi connectivity index (χ0v) is 14.5. The molecule has 0 spiro atoms. The van der Waals surface area contributed by atoms with E-state index in [9.17, 15) is 9.59 Å². The van der Waals surface area contributed by atoms with Crippen molar-refractivity contribution in [3.05, 3.63) is 42.1 Å². The van der Waals surface area contributed by atoms with Crippen LogP contribution in [0.2, 0.25) is 0 Å². The Bertz CT molecular complexity index is 849. The highest BCUT2D eigenvalue weighted by Crippen LogP contribution is 2.41. The van der Waals surface area contributed by atoms with Gasteiger partial charge in [-0.3, -0.25) is 9.59 Å². The smallest absolute Gasteiger partial charge is 0.260 e. The van der Waals surface area contributed by atoms with Crippen LogP contribution in [0.25, 0.3) is 0 Å². The molecule has 0 saturated carbocycles. The van der Waals surface area contributed by atoms with Crippen molar-refractivity contribution < 1.29 is 14.3 Å². The summed E-state index contributed by atoms with van der Waals surface area (Å²) < 4.78 is 5.27. The van der Waals surface area contributed by atoms with Gasteiger partial charge in [0.2, 0.25) is 5.91 Å². The van der Waals surface area contributed by atoms with Gasteiger partial charge in [-0.05, 0) is 36.8 Å². The SMILES string of the molecule is CN1C(=O)c2cccnc2Sc2cc(NC(=O)C3CCOC3)ccc21. The third-order valence-electron chi connectivity index (χ3n) is 4.40. The molecule has 1 N–H and O–H groups in total. The van der Waals surface area contributed by atoms with Crippen LogP contribution in [-0.4, -0.2) is 37.1 Å². The fourth-order valence-corrected chi connectivity index (χ4v) is 4.05. The normalized spacial score (nSPS) is 19.2. The number of hydrogen-bond acceptors (Lipinski definition) is 5. The summed E-state index contributed by atoms with van der Waals surface area (Å²) >= 11 is 1.43. The summed E-state index contributed by atoms with van der Waals surface area (Å²) in [5.41, 5.74) is 2.10. The van der Waals surface area contributed by atoms with Crippen LogP contribution in [0.15, 0.2) is 46.5 Å². The summed E-state index contributed by atoms with van der Waals surface area (Å²) in [6.45, 7) is 1.10. The Hall–Kier alpha value is -2.38. The molecule has 2 aliphatic rings. The van der Waals surface area contributed by atoms with Crippen LogP contribution in [0, 0.1) is 5.92 Å². The van der Waals surface area contributed by atoms with Crippen LogP contribution in [-0.2, 0) is 9.53 Å². The van der Waals surface area contributed by atoms with Crippen molar-refractivity contribution in [3.8, 4) is 0 Å². The Labute approximate surface area is 149 Å². The van der Waals surface area contributed by atoms with Gasteiger partial charge in [-0.15, -0.1) is 0 Å². The highest BCUT2D eigenvalue weighted by Gasteiger charge is 2.27. The zero-order valence-electron chi connectivity index (χ0n) is 13.7. The summed E-state index contributed by atoms with van der Waals surface area (Å²) in [5.74, 6) is -0.216. The molecule has 2 aromatic rings. The van der Waals surface area contributed by atoms with Crippen molar-refractivity contribution in [2.24, 2.45) is 5.92 Å². The van der Waals surface area contributed by atoms with E-state index in [0.29, 0.717) is 29.5 Å². The summed E-state index contributed by atoms with van der Waals surface area (Å²) in [6.07, 6.45) is 2.43. The number of carbonyl (C=O) groups excluding carboxylic acids is 2. The second kappa shape index (κ2) is 6.50. The Morgan fingerprint density at radius 3 is 3.08 bits per heavy atom. The van der Waals surface area contributed by atoms with Crippen molar-refractivity contribution in [2.75, 3.05) is 30.5 Å². The van der Waals surface area contributed by atoms with Gasteiger partial charge < -0.3 is 15.0 Å². The van der Waals surface area contributed by atoms with Crippen molar-refractivity contribution in [2.45, 2.75) is 16.3 Å². The number of ether oxygens (including phenoxy) is 1. The highest BCUT2D eigenvalue weighted by molar-refractivity contribution is 7.99. The van der Waals surface area contributed by atoms with Gasteiger partial charge in [0.25, 0.3) is 5.91 Å². The fourth-order valence-electron chi connectivity index (χ4n) is 2.97. The number of hydrogen-bond donors (Lipinski definition) is 1. The molecule has 0 aliphatic carbocycles. The predicted octanol–water partition coefficient (Wildman–Crippen LogP) is 2.80. The Balaban J connectivity index is 1.65. The van der Waals surface area contributed by atoms with Crippen LogP contribution in [0.4, 0.5) is 11.4 Å². The van der Waals surface area contributed by atoms with Crippen LogP contribution >= 0.6 is 11.8 Å². The maximum atomic E-state index is 12.6. The van der Waals surface area contributed by atoms with Gasteiger partial charge in [-0.25, -0.2) is 4.98 Å². The molecule has 3 heterocycles. The molecule has 6 nitrogen and oxygen atoms in total. The molecule has 0 radical (unpaired) electrons. The van der Waals surface area contributed by atoms with Gasteiger partial charge >= 0.3 is 0 Å². The zero-order chi connectivity index (χ0) is 17.4. The average Bonchev–Trinajstić information content (AvgIpc) is 3.13. The fraction of sp³-hybridized carbons (Fsp3) is 0.278. The minimum absolute atomic E-state index is 0.0287. The van der Waals surface area contributed by atoms with E-state index in [-0.39, 0.29) is 17.7 Å². The molecule has 2 aliphatic heterocycles. The Morgan fingerprint density at radius 1 is 1.40 bits per heavy atom. The number of anilines is 2. The second-order valence-corrected chi connectivity index (χ2v) is 7.09. The number of pyridine rings is 1. The van der Waals surface area contributed by atoms with E-state index in [1.807, 2.05) is 18.2 Å². The average molecular weight is 355 g/mol. The lowest BCUT2D eigenvalue weighted by atomic mass is 10.1. The molecule has 128 valence electrons. The summed E-state index contributed by atoms with van der Waals surface area (Å²) in [6, 6.07) is 9.10. The Kier molecular flexibility index (Phi) is 4.19. The molecule has 7 heteroatoms. The first kappa shape index (κ1) is 16.1. The number of rotatable bonds is 2. The van der Waals surface area contributed by atoms with Crippen molar-refractivity contribution in [1.29, 1.82) is 0 Å². The summed E-state index contributed by atoms with van der Waals surface area (Å²) in [4.78, 5) is 31.7. The maximum absolute atomic E-state index is 12.6. The molecule has 2 amide bonds. The van der Waals surface area contributed by atoms with E-state index in [4.69, 9.17) is 4.74 Å². The number of aromatic nitrogens is 1. The quantitative estimate of drug-likeness (QED) is 0.897. The number of carbonyl (C=O) groups is 2. The number of benzene rings is 1. The van der Waals surface area contributed by atoms with Crippen molar-refractivity contribution >= 4 is 35.0 Å². The molecule has 1 saturated heterocycles. The number of nitrogens with zero attached hydrogens (tertiary/aromatic N) is 2. The lowest BCUT2D eigenvalue weighted by molar-refractivity contribution is -0.119. The molecule has 0 bridgehead atoms. The molecule has 1 aromatic heterocycles. The number of fused-ring (bicyclic) bond motifs is 2. The largest absolute Gasteiger partial charge is 0.381 e. The third-order valence-corrected chi connectivity index (χ3v) is 5.47. The lowest BCUT2D eigenvalue weighted by Gasteiger charge is -2.18. The molecule has 4 rings (SSSR count). The van der Waals surface area contributed by atoms with E-state index < -0.39 is 0 Å². The third kappa shape index (κ3) is 3.01. The molecule has 1 fully saturated rings. The molecular weight excluding hydrogens is 338 g/mol. The van der Waals surface area contributed by atoms with E-state index in [2.05, 4.69) is 10.3 Å². The summed E-state index contributed by atoms with van der Waals surface area (Å²) in [5, 5.41) is 3.62. The van der Waals surface area contributed by atoms with Crippen molar-refractivity contribution in [3.63, 3.8) is 0 Å². The van der Waals surface area contributed by atoms with Gasteiger partial charge in [-0.2, -0.15) is 0 Å². The summed E-state index contributed by atoms with van der Waals surface area (Å²) in [7, 11) is 1.75. The first-order valence-corrected chi connectivity index (χ1v) is 8.89. The van der Waals surface area contributed by atoms with Gasteiger partial charge in [0.15, 0.2) is 0 Å². The number of nitrogens with one attached hydrogen (secondary N) is 1. The van der Waals surface area contributed by atoms with E-state index in [0.717, 1.165) is 17.0 Å². The first-order valence-electron chi connectivity index (χ1n) is 8.07. The van der Waals surface area contributed by atoms with Crippen LogP contribution in [0.3, 0.4) is 0 Å². The predicted molar refractivity (Wildman–Crippen MR) is 95.1 cm³/mol. The minimum atomic E-state index is -0.0990. The second-order valence-electron chi connectivity index (χ2n) is 6.05. The first-order chi connectivity index (χ1) is 12.1. The molecular formula is C18H17N3O3S. The van der Waals surface area contributed by atoms with Crippen molar-refractivity contribution in [1.82, 2.24) is 4.98 Å².